The molecule has 0 spiro atoms. The molecule has 2 aliphatic rings. The Morgan fingerprint density at radius 1 is 1.23 bits per heavy atom. The molecule has 0 aromatic carbocycles. The molecule has 0 radical (unpaired) electrons. The van der Waals surface area contributed by atoms with E-state index in [0.717, 1.165) is 11.8 Å². The van der Waals surface area contributed by atoms with E-state index in [9.17, 15) is 0 Å². The summed E-state index contributed by atoms with van der Waals surface area (Å²) in [5, 5.41) is 0. The summed E-state index contributed by atoms with van der Waals surface area (Å²) < 4.78 is 0. The number of hydrogen-bond acceptors (Lipinski definition) is 1. The number of nitrogens with zero attached hydrogens (tertiary/aromatic N) is 1. The third kappa shape index (κ3) is 1.90. The fraction of sp³-hybridized carbons (Fsp3) is 0.833. The zero-order valence-electron chi connectivity index (χ0n) is 8.92. The van der Waals surface area contributed by atoms with Crippen LogP contribution in [0.25, 0.3) is 0 Å². The smallest absolute Gasteiger partial charge is 0.0202 e. The van der Waals surface area contributed by atoms with Crippen molar-refractivity contribution in [2.75, 3.05) is 13.6 Å². The number of fused-ring (bicyclic) bond motifs is 1. The van der Waals surface area contributed by atoms with Crippen molar-refractivity contribution in [2.45, 2.75) is 39.0 Å². The molecule has 1 heterocycles. The van der Waals surface area contributed by atoms with E-state index in [1.54, 1.807) is 0 Å². The summed E-state index contributed by atoms with van der Waals surface area (Å²) in [5.74, 6) is 1.97. The molecule has 13 heavy (non-hydrogen) atoms. The van der Waals surface area contributed by atoms with Crippen molar-refractivity contribution >= 4 is 0 Å². The third-order valence-corrected chi connectivity index (χ3v) is 3.89. The maximum absolute atomic E-state index is 2.44. The average Bonchev–Trinajstić information content (AvgIpc) is 2.28. The van der Waals surface area contributed by atoms with E-state index in [-0.39, 0.29) is 0 Å². The van der Waals surface area contributed by atoms with E-state index in [4.69, 9.17) is 0 Å². The highest BCUT2D eigenvalue weighted by Gasteiger charge is 2.27. The highest BCUT2D eigenvalue weighted by Crippen LogP contribution is 2.35. The Hall–Kier alpha value is -0.460. The second-order valence-corrected chi connectivity index (χ2v) is 4.77. The van der Waals surface area contributed by atoms with Crippen molar-refractivity contribution in [3.63, 3.8) is 0 Å². The van der Waals surface area contributed by atoms with Gasteiger partial charge < -0.3 is 4.90 Å². The van der Waals surface area contributed by atoms with Gasteiger partial charge in [0.15, 0.2) is 0 Å². The highest BCUT2D eigenvalue weighted by molar-refractivity contribution is 5.02. The van der Waals surface area contributed by atoms with Gasteiger partial charge in [-0.2, -0.15) is 0 Å². The lowest BCUT2D eigenvalue weighted by Crippen LogP contribution is -2.28. The van der Waals surface area contributed by atoms with Gasteiger partial charge in [0.25, 0.3) is 0 Å². The first kappa shape index (κ1) is 9.11. The molecule has 1 aliphatic carbocycles. The monoisotopic (exact) mass is 179 g/mol. The van der Waals surface area contributed by atoms with E-state index in [1.165, 1.54) is 44.3 Å². The summed E-state index contributed by atoms with van der Waals surface area (Å²) >= 11 is 0. The predicted molar refractivity (Wildman–Crippen MR) is 56.5 cm³/mol. The van der Waals surface area contributed by atoms with Gasteiger partial charge in [-0.1, -0.05) is 18.9 Å². The molecular formula is C12H21N. The largest absolute Gasteiger partial charge is 0.378 e. The van der Waals surface area contributed by atoms with E-state index in [1.807, 2.05) is 0 Å². The van der Waals surface area contributed by atoms with Crippen LogP contribution in [0.15, 0.2) is 11.8 Å². The average molecular weight is 179 g/mol. The van der Waals surface area contributed by atoms with Gasteiger partial charge in [-0.3, -0.25) is 0 Å². The van der Waals surface area contributed by atoms with Gasteiger partial charge in [0.2, 0.25) is 0 Å². The van der Waals surface area contributed by atoms with E-state index < -0.39 is 0 Å². The van der Waals surface area contributed by atoms with Gasteiger partial charge in [0.05, 0.1) is 0 Å². The first-order valence-electron chi connectivity index (χ1n) is 5.65. The molecule has 2 rings (SSSR count). The van der Waals surface area contributed by atoms with Crippen LogP contribution in [0.5, 0.6) is 0 Å². The fourth-order valence-corrected chi connectivity index (χ4v) is 2.81. The number of rotatable bonds is 0. The molecule has 2 unspecified atom stereocenters. The Labute approximate surface area is 81.8 Å². The summed E-state index contributed by atoms with van der Waals surface area (Å²) in [7, 11) is 2.24. The molecule has 1 saturated carbocycles. The molecule has 1 aliphatic heterocycles. The molecule has 0 aromatic rings. The standard InChI is InChI=1S/C12H21N/c1-10-7-8-11-5-3-4-6-12(11)9-13(10)2/h7,11-12H,3-6,8-9H2,1-2H3. The zero-order chi connectivity index (χ0) is 9.26. The van der Waals surface area contributed by atoms with Crippen molar-refractivity contribution < 1.29 is 0 Å². The van der Waals surface area contributed by atoms with Crippen LogP contribution in [0.1, 0.15) is 39.0 Å². The predicted octanol–water partition coefficient (Wildman–Crippen LogP) is 3.03. The minimum Gasteiger partial charge on any atom is -0.378 e. The number of hydrogen-bond donors (Lipinski definition) is 0. The lowest BCUT2D eigenvalue weighted by Gasteiger charge is -2.32. The normalized spacial score (nSPS) is 34.9. The Morgan fingerprint density at radius 2 is 1.92 bits per heavy atom. The highest BCUT2D eigenvalue weighted by atomic mass is 15.1. The van der Waals surface area contributed by atoms with Crippen LogP contribution in [-0.4, -0.2) is 18.5 Å². The van der Waals surface area contributed by atoms with Crippen LogP contribution in [0.3, 0.4) is 0 Å². The molecule has 1 nitrogen and oxygen atoms in total. The Bertz CT molecular complexity index is 207. The maximum atomic E-state index is 2.44. The van der Waals surface area contributed by atoms with Crippen molar-refractivity contribution in [2.24, 2.45) is 11.8 Å². The fourth-order valence-electron chi connectivity index (χ4n) is 2.81. The van der Waals surface area contributed by atoms with Crippen molar-refractivity contribution in [3.8, 4) is 0 Å². The lowest BCUT2D eigenvalue weighted by atomic mass is 9.78. The molecule has 0 bridgehead atoms. The van der Waals surface area contributed by atoms with Gasteiger partial charge in [-0.05, 0) is 38.0 Å². The molecule has 0 amide bonds. The summed E-state index contributed by atoms with van der Waals surface area (Å²) in [4.78, 5) is 2.44. The van der Waals surface area contributed by atoms with Crippen LogP contribution in [0, 0.1) is 11.8 Å². The third-order valence-electron chi connectivity index (χ3n) is 3.89. The van der Waals surface area contributed by atoms with Gasteiger partial charge in [-0.15, -0.1) is 0 Å². The van der Waals surface area contributed by atoms with Crippen molar-refractivity contribution in [1.29, 1.82) is 0 Å². The first-order chi connectivity index (χ1) is 6.27. The first-order valence-corrected chi connectivity index (χ1v) is 5.65. The van der Waals surface area contributed by atoms with Crippen molar-refractivity contribution in [1.82, 2.24) is 4.90 Å². The molecule has 0 aromatic heterocycles. The molecule has 74 valence electrons. The summed E-state index contributed by atoms with van der Waals surface area (Å²) in [5.41, 5.74) is 1.48. The molecular weight excluding hydrogens is 158 g/mol. The second-order valence-electron chi connectivity index (χ2n) is 4.77. The summed E-state index contributed by atoms with van der Waals surface area (Å²) in [6, 6.07) is 0. The van der Waals surface area contributed by atoms with E-state index in [2.05, 4.69) is 24.9 Å². The molecule has 0 saturated heterocycles. The Morgan fingerprint density at radius 3 is 2.69 bits per heavy atom. The Kier molecular flexibility index (Phi) is 2.61. The van der Waals surface area contributed by atoms with Crippen LogP contribution >= 0.6 is 0 Å². The summed E-state index contributed by atoms with van der Waals surface area (Å²) in [6.07, 6.45) is 9.65. The molecule has 1 heteroatoms. The van der Waals surface area contributed by atoms with Gasteiger partial charge in [0, 0.05) is 19.3 Å². The number of allylic oxidation sites excluding steroid dienone is 2. The van der Waals surface area contributed by atoms with E-state index in [0.29, 0.717) is 0 Å². The van der Waals surface area contributed by atoms with Crippen LogP contribution in [0.2, 0.25) is 0 Å². The van der Waals surface area contributed by atoms with E-state index >= 15 is 0 Å². The van der Waals surface area contributed by atoms with Gasteiger partial charge in [-0.25, -0.2) is 0 Å². The second kappa shape index (κ2) is 3.73. The van der Waals surface area contributed by atoms with Gasteiger partial charge >= 0.3 is 0 Å². The molecule has 1 fully saturated rings. The SMILES string of the molecule is CC1=CCC2CCCCC2CN1C. The maximum Gasteiger partial charge on any atom is 0.0202 e. The van der Waals surface area contributed by atoms with Crippen LogP contribution in [0.4, 0.5) is 0 Å². The summed E-state index contributed by atoms with van der Waals surface area (Å²) in [6.45, 7) is 3.55. The molecule has 0 N–H and O–H groups in total. The quantitative estimate of drug-likeness (QED) is 0.552. The van der Waals surface area contributed by atoms with Gasteiger partial charge in [0.1, 0.15) is 0 Å². The minimum absolute atomic E-state index is 0.979. The van der Waals surface area contributed by atoms with Crippen LogP contribution < -0.4 is 0 Å². The Balaban J connectivity index is 2.07. The molecule has 2 atom stereocenters. The van der Waals surface area contributed by atoms with Crippen LogP contribution in [-0.2, 0) is 0 Å². The zero-order valence-corrected chi connectivity index (χ0v) is 8.92. The van der Waals surface area contributed by atoms with Crippen molar-refractivity contribution in [3.05, 3.63) is 11.8 Å². The topological polar surface area (TPSA) is 3.24 Å². The minimum atomic E-state index is 0.979. The lowest BCUT2D eigenvalue weighted by molar-refractivity contribution is 0.202.